The number of fused-ring (bicyclic) bond motifs is 1. The Morgan fingerprint density at radius 3 is 2.46 bits per heavy atom. The molecular weight excluding hydrogens is 440 g/mol. The van der Waals surface area contributed by atoms with Crippen molar-refractivity contribution in [1.82, 2.24) is 10.2 Å². The minimum atomic E-state index is 0.276. The largest absolute Gasteiger partial charge is 0.454 e. The standard InChI is InChI=1S/C29H44N2O4/c1-33-25-11-7-22(8-12-25)19-28(32)30-24-9-5-21(6-10-24)13-16-31-17-14-23(15-18-31)26-3-2-4-27-29(26)35-20-34-27/h2-4,21-25H,5-20H2,1H3,(H,30,32)/t21?,22-,24?,25-. The van der Waals surface area contributed by atoms with Gasteiger partial charge >= 0.3 is 0 Å². The number of methoxy groups -OCH3 is 1. The van der Waals surface area contributed by atoms with Crippen LogP contribution in [0.2, 0.25) is 0 Å². The number of nitrogens with one attached hydrogen (secondary N) is 1. The molecule has 0 unspecified atom stereocenters. The minimum absolute atomic E-state index is 0.276. The van der Waals surface area contributed by atoms with Gasteiger partial charge in [-0.3, -0.25) is 4.79 Å². The molecule has 2 saturated carbocycles. The number of carbonyl (C=O) groups excluding carboxylic acids is 1. The maximum absolute atomic E-state index is 12.6. The molecular formula is C29H44N2O4. The van der Waals surface area contributed by atoms with Crippen LogP contribution < -0.4 is 14.8 Å². The molecule has 0 bridgehead atoms. The number of hydrogen-bond acceptors (Lipinski definition) is 5. The van der Waals surface area contributed by atoms with Crippen LogP contribution in [-0.4, -0.2) is 56.5 Å². The van der Waals surface area contributed by atoms with Gasteiger partial charge in [-0.1, -0.05) is 12.1 Å². The molecule has 2 heterocycles. The number of ether oxygens (including phenoxy) is 3. The van der Waals surface area contributed by atoms with Crippen LogP contribution in [0.15, 0.2) is 18.2 Å². The van der Waals surface area contributed by atoms with E-state index in [1.54, 1.807) is 7.11 Å². The summed E-state index contributed by atoms with van der Waals surface area (Å²) in [6.07, 6.45) is 14.1. The molecule has 1 N–H and O–H groups in total. The molecule has 5 rings (SSSR count). The Kier molecular flexibility index (Phi) is 8.51. The van der Waals surface area contributed by atoms with Gasteiger partial charge in [0.15, 0.2) is 11.5 Å². The fourth-order valence-corrected chi connectivity index (χ4v) is 6.82. The van der Waals surface area contributed by atoms with Crippen LogP contribution in [0, 0.1) is 11.8 Å². The van der Waals surface area contributed by atoms with Gasteiger partial charge in [-0.25, -0.2) is 0 Å². The lowest BCUT2D eigenvalue weighted by atomic mass is 9.83. The monoisotopic (exact) mass is 484 g/mol. The smallest absolute Gasteiger partial charge is 0.231 e. The molecule has 1 aromatic rings. The quantitative estimate of drug-likeness (QED) is 0.546. The molecule has 1 saturated heterocycles. The second-order valence-corrected chi connectivity index (χ2v) is 11.4. The fraction of sp³-hybridized carbons (Fsp3) is 0.759. The third-order valence-electron chi connectivity index (χ3n) is 9.12. The molecule has 6 nitrogen and oxygen atoms in total. The van der Waals surface area contributed by atoms with Crippen LogP contribution in [-0.2, 0) is 9.53 Å². The zero-order valence-corrected chi connectivity index (χ0v) is 21.5. The highest BCUT2D eigenvalue weighted by molar-refractivity contribution is 5.76. The first-order valence-electron chi connectivity index (χ1n) is 14.1. The van der Waals surface area contributed by atoms with Gasteiger partial charge in [-0.2, -0.15) is 0 Å². The highest BCUT2D eigenvalue weighted by atomic mass is 16.7. The Bertz CT molecular complexity index is 822. The van der Waals surface area contributed by atoms with E-state index >= 15 is 0 Å². The number of carbonyl (C=O) groups is 1. The summed E-state index contributed by atoms with van der Waals surface area (Å²) < 4.78 is 16.8. The predicted molar refractivity (Wildman–Crippen MR) is 137 cm³/mol. The van der Waals surface area contributed by atoms with Crippen molar-refractivity contribution in [3.8, 4) is 11.5 Å². The van der Waals surface area contributed by atoms with Crippen LogP contribution in [0.5, 0.6) is 11.5 Å². The highest BCUT2D eigenvalue weighted by Crippen LogP contribution is 2.42. The number of rotatable bonds is 8. The number of nitrogens with zero attached hydrogens (tertiary/aromatic N) is 1. The van der Waals surface area contributed by atoms with Crippen molar-refractivity contribution < 1.29 is 19.0 Å². The summed E-state index contributed by atoms with van der Waals surface area (Å²) >= 11 is 0. The predicted octanol–water partition coefficient (Wildman–Crippen LogP) is 5.26. The van der Waals surface area contributed by atoms with Crippen molar-refractivity contribution in [2.24, 2.45) is 11.8 Å². The van der Waals surface area contributed by atoms with Crippen molar-refractivity contribution in [2.45, 2.75) is 95.1 Å². The third-order valence-corrected chi connectivity index (χ3v) is 9.12. The summed E-state index contributed by atoms with van der Waals surface area (Å²) in [5.74, 6) is 4.10. The van der Waals surface area contributed by atoms with Crippen molar-refractivity contribution >= 4 is 5.91 Å². The zero-order chi connectivity index (χ0) is 24.0. The summed E-state index contributed by atoms with van der Waals surface area (Å²) in [6.45, 7) is 3.91. The van der Waals surface area contributed by atoms with Gasteiger partial charge in [-0.05, 0) is 114 Å². The molecule has 2 aliphatic heterocycles. The number of benzene rings is 1. The van der Waals surface area contributed by atoms with E-state index in [4.69, 9.17) is 14.2 Å². The van der Waals surface area contributed by atoms with E-state index in [2.05, 4.69) is 22.3 Å². The SMILES string of the molecule is CO[C@H]1CC[C@H](CC(=O)NC2CCC(CCN3CCC(c4cccc5c4OCO5)CC3)CC2)CC1. The van der Waals surface area contributed by atoms with E-state index in [0.717, 1.165) is 55.9 Å². The van der Waals surface area contributed by atoms with Crippen LogP contribution in [0.3, 0.4) is 0 Å². The molecule has 0 spiro atoms. The highest BCUT2D eigenvalue weighted by Gasteiger charge is 2.29. The Balaban J connectivity index is 0.963. The summed E-state index contributed by atoms with van der Waals surface area (Å²) in [6, 6.07) is 6.72. The van der Waals surface area contributed by atoms with Gasteiger partial charge in [0, 0.05) is 25.1 Å². The first-order chi connectivity index (χ1) is 17.2. The second kappa shape index (κ2) is 12.0. The number of hydrogen-bond donors (Lipinski definition) is 1. The van der Waals surface area contributed by atoms with Crippen molar-refractivity contribution in [2.75, 3.05) is 33.5 Å². The molecule has 0 radical (unpaired) electrons. The van der Waals surface area contributed by atoms with E-state index in [-0.39, 0.29) is 5.91 Å². The Morgan fingerprint density at radius 2 is 1.71 bits per heavy atom. The van der Waals surface area contributed by atoms with Gasteiger partial charge in [0.2, 0.25) is 12.7 Å². The summed E-state index contributed by atoms with van der Waals surface area (Å²) in [7, 11) is 1.80. The fourth-order valence-electron chi connectivity index (χ4n) is 6.82. The number of piperidine rings is 1. The van der Waals surface area contributed by atoms with E-state index in [9.17, 15) is 4.79 Å². The summed E-state index contributed by atoms with van der Waals surface area (Å²) in [5.41, 5.74) is 1.34. The Labute approximate surface area is 211 Å². The second-order valence-electron chi connectivity index (χ2n) is 11.4. The van der Waals surface area contributed by atoms with Gasteiger partial charge in [0.25, 0.3) is 0 Å². The van der Waals surface area contributed by atoms with Crippen molar-refractivity contribution in [3.05, 3.63) is 23.8 Å². The molecule has 0 aromatic heterocycles. The molecule has 1 aromatic carbocycles. The number of amides is 1. The van der Waals surface area contributed by atoms with Crippen LogP contribution >= 0.6 is 0 Å². The summed E-state index contributed by atoms with van der Waals surface area (Å²) in [5, 5.41) is 3.36. The van der Waals surface area contributed by atoms with E-state index in [1.165, 1.54) is 57.3 Å². The first kappa shape index (κ1) is 24.9. The maximum atomic E-state index is 12.6. The minimum Gasteiger partial charge on any atom is -0.454 e. The lowest BCUT2D eigenvalue weighted by Gasteiger charge is -2.35. The Morgan fingerprint density at radius 1 is 0.971 bits per heavy atom. The van der Waals surface area contributed by atoms with E-state index in [1.807, 2.05) is 6.07 Å². The van der Waals surface area contributed by atoms with E-state index in [0.29, 0.717) is 37.2 Å². The lowest BCUT2D eigenvalue weighted by Crippen LogP contribution is -2.39. The summed E-state index contributed by atoms with van der Waals surface area (Å²) in [4.78, 5) is 15.2. The maximum Gasteiger partial charge on any atom is 0.231 e. The van der Waals surface area contributed by atoms with Gasteiger partial charge < -0.3 is 24.4 Å². The van der Waals surface area contributed by atoms with Crippen LogP contribution in [0.25, 0.3) is 0 Å². The topological polar surface area (TPSA) is 60.0 Å². The van der Waals surface area contributed by atoms with Gasteiger partial charge in [0.1, 0.15) is 0 Å². The lowest BCUT2D eigenvalue weighted by molar-refractivity contribution is -0.123. The normalized spacial score (nSPS) is 29.7. The molecule has 35 heavy (non-hydrogen) atoms. The zero-order valence-electron chi connectivity index (χ0n) is 21.5. The number of likely N-dealkylation sites (tertiary alicyclic amines) is 1. The number of para-hydroxylation sites is 1. The molecule has 2 aliphatic carbocycles. The molecule has 1 amide bonds. The molecule has 4 aliphatic rings. The average Bonchev–Trinajstić information content (AvgIpc) is 3.38. The molecule has 0 atom stereocenters. The van der Waals surface area contributed by atoms with Crippen LogP contribution in [0.4, 0.5) is 0 Å². The first-order valence-corrected chi connectivity index (χ1v) is 14.1. The van der Waals surface area contributed by atoms with E-state index < -0.39 is 0 Å². The molecule has 6 heteroatoms. The average molecular weight is 485 g/mol. The molecule has 194 valence electrons. The van der Waals surface area contributed by atoms with Gasteiger partial charge in [-0.15, -0.1) is 0 Å². The molecule has 3 fully saturated rings. The van der Waals surface area contributed by atoms with Crippen molar-refractivity contribution in [1.29, 1.82) is 0 Å². The third kappa shape index (κ3) is 6.51. The Hall–Kier alpha value is -1.79. The van der Waals surface area contributed by atoms with Gasteiger partial charge in [0.05, 0.1) is 6.10 Å². The van der Waals surface area contributed by atoms with Crippen molar-refractivity contribution in [3.63, 3.8) is 0 Å². The van der Waals surface area contributed by atoms with Crippen LogP contribution in [0.1, 0.15) is 88.5 Å².